The lowest BCUT2D eigenvalue weighted by molar-refractivity contribution is 0.148. The highest BCUT2D eigenvalue weighted by Crippen LogP contribution is 2.25. The van der Waals surface area contributed by atoms with Gasteiger partial charge in [0.2, 0.25) is 11.8 Å². The molecular formula is C15H17FN4O2. The summed E-state index contributed by atoms with van der Waals surface area (Å²) < 4.78 is 18.2. The number of ether oxygens (including phenoxy) is 1. The molecule has 0 unspecified atom stereocenters. The van der Waals surface area contributed by atoms with Gasteiger partial charge in [0.1, 0.15) is 0 Å². The number of anilines is 1. The maximum absolute atomic E-state index is 13.4. The molecule has 116 valence electrons. The Labute approximate surface area is 127 Å². The molecule has 3 heterocycles. The molecule has 1 fully saturated rings. The second kappa shape index (κ2) is 6.23. The van der Waals surface area contributed by atoms with E-state index in [1.54, 1.807) is 6.20 Å². The average molecular weight is 304 g/mol. The second-order valence-corrected chi connectivity index (χ2v) is 5.28. The first-order valence-corrected chi connectivity index (χ1v) is 7.07. The molecule has 6 nitrogen and oxygen atoms in total. The maximum Gasteiger partial charge on any atom is 0.255 e. The van der Waals surface area contributed by atoms with Crippen LogP contribution in [-0.4, -0.2) is 46.4 Å². The minimum Gasteiger partial charge on any atom is -0.479 e. The first-order valence-electron chi connectivity index (χ1n) is 7.07. The molecule has 2 aromatic heterocycles. The van der Waals surface area contributed by atoms with E-state index in [1.807, 2.05) is 23.1 Å². The lowest BCUT2D eigenvalue weighted by atomic mass is 10.00. The van der Waals surface area contributed by atoms with Crippen LogP contribution in [-0.2, 0) is 6.42 Å². The van der Waals surface area contributed by atoms with Crippen LogP contribution in [0.4, 0.5) is 10.3 Å². The number of β-amino-alcohol motifs (C(OH)–C–C–N with tert-alkyl or cyclic N) is 1. The summed E-state index contributed by atoms with van der Waals surface area (Å²) in [5.74, 6) is -0.293. The fraction of sp³-hybridized carbons (Fsp3) is 0.400. The number of pyridine rings is 1. The fourth-order valence-corrected chi connectivity index (χ4v) is 2.64. The van der Waals surface area contributed by atoms with Crippen LogP contribution in [0, 0.1) is 11.7 Å². The van der Waals surface area contributed by atoms with Crippen LogP contribution < -0.4 is 9.64 Å². The molecule has 0 aromatic carbocycles. The molecule has 1 aliphatic rings. The Morgan fingerprint density at radius 1 is 1.36 bits per heavy atom. The Balaban J connectivity index is 1.73. The van der Waals surface area contributed by atoms with Crippen LogP contribution in [0.25, 0.3) is 0 Å². The highest BCUT2D eigenvalue weighted by Gasteiger charge is 2.33. The quantitative estimate of drug-likeness (QED) is 0.910. The van der Waals surface area contributed by atoms with Gasteiger partial charge in [0.25, 0.3) is 5.88 Å². The average Bonchev–Trinajstić information content (AvgIpc) is 2.90. The Morgan fingerprint density at radius 3 is 2.95 bits per heavy atom. The van der Waals surface area contributed by atoms with Crippen molar-refractivity contribution < 1.29 is 14.2 Å². The van der Waals surface area contributed by atoms with Gasteiger partial charge >= 0.3 is 0 Å². The van der Waals surface area contributed by atoms with E-state index >= 15 is 0 Å². The third-order valence-electron chi connectivity index (χ3n) is 3.78. The smallest absolute Gasteiger partial charge is 0.255 e. The zero-order valence-electron chi connectivity index (χ0n) is 12.2. The van der Waals surface area contributed by atoms with Crippen LogP contribution in [0.5, 0.6) is 5.88 Å². The monoisotopic (exact) mass is 304 g/mol. The second-order valence-electron chi connectivity index (χ2n) is 5.28. The lowest BCUT2D eigenvalue weighted by Crippen LogP contribution is -2.23. The van der Waals surface area contributed by atoms with E-state index in [0.717, 1.165) is 11.9 Å². The number of aliphatic hydroxyl groups is 1. The molecule has 0 amide bonds. The van der Waals surface area contributed by atoms with E-state index in [0.29, 0.717) is 25.5 Å². The molecule has 0 spiro atoms. The van der Waals surface area contributed by atoms with Crippen molar-refractivity contribution in [2.75, 3.05) is 25.1 Å². The normalized spacial score (nSPS) is 21.1. The summed E-state index contributed by atoms with van der Waals surface area (Å²) in [6.45, 7) is 0.999. The largest absolute Gasteiger partial charge is 0.479 e. The number of aromatic nitrogens is 3. The number of methoxy groups -OCH3 is 1. The molecule has 0 aliphatic carbocycles. The zero-order valence-corrected chi connectivity index (χ0v) is 12.2. The van der Waals surface area contributed by atoms with Crippen molar-refractivity contribution >= 4 is 5.95 Å². The topological polar surface area (TPSA) is 71.4 Å². The standard InChI is InChI=1S/C15H17FN4O2/c1-22-14-12(16)7-18-15(19-14)20-8-10(13(21)9-20)6-11-4-2-3-5-17-11/h2-5,7,10,13,21H,6,8-9H2,1H3/t10-,13-/m1/s1. The van der Waals surface area contributed by atoms with Crippen molar-refractivity contribution in [3.63, 3.8) is 0 Å². The third-order valence-corrected chi connectivity index (χ3v) is 3.78. The molecule has 2 aromatic rings. The molecule has 7 heteroatoms. The van der Waals surface area contributed by atoms with Gasteiger partial charge in [-0.15, -0.1) is 0 Å². The van der Waals surface area contributed by atoms with Gasteiger partial charge in [-0.25, -0.2) is 4.98 Å². The number of hydrogen-bond donors (Lipinski definition) is 1. The van der Waals surface area contributed by atoms with Crippen LogP contribution in [0.1, 0.15) is 5.69 Å². The summed E-state index contributed by atoms with van der Waals surface area (Å²) >= 11 is 0. The van der Waals surface area contributed by atoms with Gasteiger partial charge in [0, 0.05) is 30.9 Å². The van der Waals surface area contributed by atoms with Crippen molar-refractivity contribution in [2.24, 2.45) is 5.92 Å². The minimum atomic E-state index is -0.601. The molecule has 0 saturated carbocycles. The first-order chi connectivity index (χ1) is 10.7. The van der Waals surface area contributed by atoms with Crippen LogP contribution in [0.3, 0.4) is 0 Å². The molecular weight excluding hydrogens is 287 g/mol. The van der Waals surface area contributed by atoms with E-state index in [2.05, 4.69) is 15.0 Å². The zero-order chi connectivity index (χ0) is 15.5. The van der Waals surface area contributed by atoms with Crippen LogP contribution in [0.2, 0.25) is 0 Å². The van der Waals surface area contributed by atoms with E-state index in [9.17, 15) is 9.50 Å². The summed E-state index contributed by atoms with van der Waals surface area (Å²) in [6.07, 6.45) is 3.00. The highest BCUT2D eigenvalue weighted by molar-refractivity contribution is 5.35. The Hall–Kier alpha value is -2.28. The van der Waals surface area contributed by atoms with Gasteiger partial charge in [0.05, 0.1) is 19.4 Å². The van der Waals surface area contributed by atoms with E-state index in [1.165, 1.54) is 7.11 Å². The van der Waals surface area contributed by atoms with Gasteiger partial charge in [-0.2, -0.15) is 9.37 Å². The summed E-state index contributed by atoms with van der Waals surface area (Å²) in [5.41, 5.74) is 0.936. The number of nitrogens with zero attached hydrogens (tertiary/aromatic N) is 4. The summed E-state index contributed by atoms with van der Waals surface area (Å²) in [6, 6.07) is 5.72. The van der Waals surface area contributed by atoms with Crippen LogP contribution in [0.15, 0.2) is 30.6 Å². The van der Waals surface area contributed by atoms with Gasteiger partial charge in [0.15, 0.2) is 0 Å². The molecule has 3 rings (SSSR count). The van der Waals surface area contributed by atoms with Gasteiger partial charge in [-0.1, -0.05) is 6.07 Å². The van der Waals surface area contributed by atoms with Gasteiger partial charge in [-0.3, -0.25) is 4.98 Å². The van der Waals surface area contributed by atoms with Crippen LogP contribution >= 0.6 is 0 Å². The summed E-state index contributed by atoms with van der Waals surface area (Å²) in [7, 11) is 1.36. The molecule has 0 bridgehead atoms. The van der Waals surface area contributed by atoms with Crippen molar-refractivity contribution in [3.8, 4) is 5.88 Å². The molecule has 1 N–H and O–H groups in total. The fourth-order valence-electron chi connectivity index (χ4n) is 2.64. The van der Waals surface area contributed by atoms with Gasteiger partial charge < -0.3 is 14.7 Å². The third kappa shape index (κ3) is 2.99. The Bertz CT molecular complexity index is 641. The molecule has 1 saturated heterocycles. The van der Waals surface area contributed by atoms with Crippen molar-refractivity contribution in [3.05, 3.63) is 42.1 Å². The molecule has 0 radical (unpaired) electrons. The predicted molar refractivity (Wildman–Crippen MR) is 78.2 cm³/mol. The molecule has 2 atom stereocenters. The minimum absolute atomic E-state index is 0.0366. The number of aliphatic hydroxyl groups excluding tert-OH is 1. The van der Waals surface area contributed by atoms with Gasteiger partial charge in [-0.05, 0) is 18.6 Å². The molecule has 1 aliphatic heterocycles. The summed E-state index contributed by atoms with van der Waals surface area (Å²) in [4.78, 5) is 14.1. The van der Waals surface area contributed by atoms with Crippen molar-refractivity contribution in [1.82, 2.24) is 15.0 Å². The van der Waals surface area contributed by atoms with E-state index in [4.69, 9.17) is 4.74 Å². The Morgan fingerprint density at radius 2 is 2.23 bits per heavy atom. The maximum atomic E-state index is 13.4. The summed E-state index contributed by atoms with van der Waals surface area (Å²) in [5, 5.41) is 10.2. The number of rotatable bonds is 4. The van der Waals surface area contributed by atoms with E-state index in [-0.39, 0.29) is 11.8 Å². The first kappa shape index (κ1) is 14.6. The van der Waals surface area contributed by atoms with E-state index < -0.39 is 11.9 Å². The lowest BCUT2D eigenvalue weighted by Gasteiger charge is -2.16. The van der Waals surface area contributed by atoms with Crippen molar-refractivity contribution in [2.45, 2.75) is 12.5 Å². The molecule has 22 heavy (non-hydrogen) atoms. The number of halogens is 1. The highest BCUT2D eigenvalue weighted by atomic mass is 19.1. The predicted octanol–water partition coefficient (Wildman–Crippen LogP) is 1.06. The van der Waals surface area contributed by atoms with Crippen molar-refractivity contribution in [1.29, 1.82) is 0 Å². The number of hydrogen-bond acceptors (Lipinski definition) is 6. The Kier molecular flexibility index (Phi) is 4.15. The SMILES string of the molecule is COc1nc(N2C[C@@H](Cc3ccccn3)[C@H](O)C2)ncc1F.